The van der Waals surface area contributed by atoms with Crippen LogP contribution in [0.25, 0.3) is 0 Å². The number of ketones is 1. The SMILES string of the molecule is CC(C)C[C@H](NC(=O)[C@H](Cc1ccccc1)N1C(=O)[C@@H](NC(=O)[C@H](CCc2ccccc2)NC(=O)c2cnc(OP(=O)(O)O)s2)CC1C)C(=O)C1(C)CO1. The molecule has 0 saturated carbocycles. The summed E-state index contributed by atoms with van der Waals surface area (Å²) in [6.45, 7) is 7.67. The second kappa shape index (κ2) is 17.3. The number of benzene rings is 2. The third kappa shape index (κ3) is 10.8. The molecule has 5 rings (SSSR count). The third-order valence-corrected chi connectivity index (χ3v) is 10.8. The molecule has 1 aromatic heterocycles. The number of nitrogens with zero attached hydrogens (tertiary/aromatic N) is 2. The van der Waals surface area contributed by atoms with Gasteiger partial charge in [0, 0.05) is 12.5 Å². The average Bonchev–Trinajstić information content (AvgIpc) is 3.60. The van der Waals surface area contributed by atoms with Gasteiger partial charge in [-0.15, -0.1) is 0 Å². The Bertz CT molecular complexity index is 1870. The van der Waals surface area contributed by atoms with Crippen LogP contribution >= 0.6 is 19.2 Å². The maximum atomic E-state index is 14.2. The molecule has 17 heteroatoms. The van der Waals surface area contributed by atoms with Crippen molar-refractivity contribution in [2.75, 3.05) is 6.61 Å². The van der Waals surface area contributed by atoms with Gasteiger partial charge >= 0.3 is 7.82 Å². The maximum Gasteiger partial charge on any atom is 0.526 e. The highest BCUT2D eigenvalue weighted by atomic mass is 32.1. The zero-order chi connectivity index (χ0) is 39.2. The first-order valence-electron chi connectivity index (χ1n) is 17.7. The molecule has 0 bridgehead atoms. The number of hydrogen-bond acceptors (Lipinski definition) is 10. The van der Waals surface area contributed by atoms with Crippen molar-refractivity contribution >= 4 is 48.6 Å². The number of carbonyl (C=O) groups excluding carboxylic acids is 5. The van der Waals surface area contributed by atoms with Gasteiger partial charge in [0.05, 0.1) is 18.8 Å². The van der Waals surface area contributed by atoms with E-state index < -0.39 is 72.5 Å². The van der Waals surface area contributed by atoms with E-state index in [-0.39, 0.29) is 42.4 Å². The average molecular weight is 784 g/mol. The van der Waals surface area contributed by atoms with Crippen molar-refractivity contribution in [3.63, 3.8) is 0 Å². The summed E-state index contributed by atoms with van der Waals surface area (Å²) in [7, 11) is -4.91. The van der Waals surface area contributed by atoms with Crippen LogP contribution in [0.3, 0.4) is 0 Å². The molecule has 2 fully saturated rings. The van der Waals surface area contributed by atoms with E-state index in [0.717, 1.165) is 17.3 Å². The summed E-state index contributed by atoms with van der Waals surface area (Å²) in [5, 5.41) is 7.98. The van der Waals surface area contributed by atoms with Crippen LogP contribution in [0.2, 0.25) is 0 Å². The maximum absolute atomic E-state index is 14.2. The van der Waals surface area contributed by atoms with Crippen LogP contribution in [0.5, 0.6) is 5.19 Å². The molecule has 5 N–H and O–H groups in total. The van der Waals surface area contributed by atoms with Crippen molar-refractivity contribution in [2.45, 2.75) is 95.6 Å². The minimum Gasteiger partial charge on any atom is -0.376 e. The smallest absolute Gasteiger partial charge is 0.376 e. The normalized spacial score (nSPS) is 21.2. The first kappa shape index (κ1) is 40.7. The Balaban J connectivity index is 1.34. The quantitative estimate of drug-likeness (QED) is 0.0934. The standard InChI is InChI=1S/C37H46N5O10PS/c1-22(2)17-27(31(43)37(4)21-51-37)40-33(45)29(19-25-13-9-6-10-14-25)42-23(3)18-28(35(42)47)41-32(44)26(16-15-24-11-7-5-8-12-24)39-34(46)30-20-38-36(54-30)52-53(48,49)50/h5-14,20,22-23,26-29H,15-19,21H2,1-4H3,(H,39,46)(H,40,45)(H,41,44)(H2,48,49,50)/t23?,26-,27-,28-,29-,37?/m0/s1. The van der Waals surface area contributed by atoms with Crippen LogP contribution < -0.4 is 20.5 Å². The van der Waals surface area contributed by atoms with Crippen molar-refractivity contribution in [2.24, 2.45) is 5.92 Å². The fourth-order valence-corrected chi connectivity index (χ4v) is 7.75. The zero-order valence-electron chi connectivity index (χ0n) is 30.5. The summed E-state index contributed by atoms with van der Waals surface area (Å²) in [5.74, 6) is -2.47. The van der Waals surface area contributed by atoms with Gasteiger partial charge in [-0.3, -0.25) is 33.8 Å². The van der Waals surface area contributed by atoms with Crippen LogP contribution in [-0.4, -0.2) is 91.5 Å². The van der Waals surface area contributed by atoms with Gasteiger partial charge in [-0.1, -0.05) is 85.8 Å². The fraction of sp³-hybridized carbons (Fsp3) is 0.459. The molecule has 2 aromatic carbocycles. The van der Waals surface area contributed by atoms with Gasteiger partial charge in [-0.25, -0.2) is 9.55 Å². The molecule has 0 spiro atoms. The van der Waals surface area contributed by atoms with Crippen LogP contribution in [0.4, 0.5) is 0 Å². The number of thiazole rings is 1. The van der Waals surface area contributed by atoms with Gasteiger partial charge in [0.25, 0.3) is 11.1 Å². The van der Waals surface area contributed by atoms with Crippen molar-refractivity contribution in [3.05, 3.63) is 82.9 Å². The molecule has 0 radical (unpaired) electrons. The summed E-state index contributed by atoms with van der Waals surface area (Å²) in [4.78, 5) is 92.2. The van der Waals surface area contributed by atoms with Crippen molar-refractivity contribution in [1.82, 2.24) is 25.8 Å². The van der Waals surface area contributed by atoms with E-state index in [0.29, 0.717) is 24.2 Å². The van der Waals surface area contributed by atoms with E-state index in [1.54, 1.807) is 13.8 Å². The first-order valence-corrected chi connectivity index (χ1v) is 20.1. The summed E-state index contributed by atoms with van der Waals surface area (Å²) < 4.78 is 21.1. The molecule has 54 heavy (non-hydrogen) atoms. The predicted octanol–water partition coefficient (Wildman–Crippen LogP) is 2.95. The lowest BCUT2D eigenvalue weighted by molar-refractivity contribution is -0.142. The molecule has 3 aromatic rings. The summed E-state index contributed by atoms with van der Waals surface area (Å²) in [6.07, 6.45) is 2.36. The molecular formula is C37H46N5O10PS. The Kier molecular flexibility index (Phi) is 13.1. The number of epoxide rings is 1. The highest BCUT2D eigenvalue weighted by Crippen LogP contribution is 2.39. The Labute approximate surface area is 317 Å². The molecule has 2 unspecified atom stereocenters. The topological polar surface area (TPSA) is 217 Å². The number of ether oxygens (including phenoxy) is 1. The third-order valence-electron chi connectivity index (χ3n) is 9.36. The van der Waals surface area contributed by atoms with Gasteiger partial charge in [0.15, 0.2) is 5.78 Å². The Morgan fingerprint density at radius 1 is 1.02 bits per heavy atom. The monoisotopic (exact) mass is 783 g/mol. The van der Waals surface area contributed by atoms with Gasteiger partial charge in [0.2, 0.25) is 17.7 Å². The van der Waals surface area contributed by atoms with Crippen LogP contribution in [-0.2, 0) is 41.3 Å². The number of carbonyl (C=O) groups is 5. The van der Waals surface area contributed by atoms with Gasteiger partial charge < -0.3 is 30.1 Å². The van der Waals surface area contributed by atoms with E-state index in [9.17, 15) is 28.5 Å². The van der Waals surface area contributed by atoms with Gasteiger partial charge in [-0.05, 0) is 56.6 Å². The Morgan fingerprint density at radius 3 is 2.24 bits per heavy atom. The number of amides is 4. The van der Waals surface area contributed by atoms with Gasteiger partial charge in [-0.2, -0.15) is 0 Å². The number of aromatic nitrogens is 1. The van der Waals surface area contributed by atoms with Crippen molar-refractivity contribution < 1.29 is 47.6 Å². The molecule has 3 heterocycles. The van der Waals surface area contributed by atoms with Gasteiger partial charge in [0.1, 0.15) is 28.6 Å². The largest absolute Gasteiger partial charge is 0.526 e. The van der Waals surface area contributed by atoms with Crippen LogP contribution in [0, 0.1) is 5.92 Å². The molecule has 6 atom stereocenters. The molecule has 2 aliphatic rings. The predicted molar refractivity (Wildman–Crippen MR) is 198 cm³/mol. The summed E-state index contributed by atoms with van der Waals surface area (Å²) in [6, 6.07) is 14.1. The molecule has 15 nitrogen and oxygen atoms in total. The zero-order valence-corrected chi connectivity index (χ0v) is 32.2. The Morgan fingerprint density at radius 2 is 1.65 bits per heavy atom. The number of Topliss-reactive ketones (excluding diaryl/α,β-unsaturated/α-hetero) is 1. The van der Waals surface area contributed by atoms with E-state index >= 15 is 0 Å². The summed E-state index contributed by atoms with van der Waals surface area (Å²) in [5.41, 5.74) is 0.748. The number of nitrogens with one attached hydrogen (secondary N) is 3. The minimum atomic E-state index is -4.91. The summed E-state index contributed by atoms with van der Waals surface area (Å²) >= 11 is 0.594. The first-order chi connectivity index (χ1) is 25.5. The second-order valence-electron chi connectivity index (χ2n) is 14.3. The highest BCUT2D eigenvalue weighted by molar-refractivity contribution is 7.47. The minimum absolute atomic E-state index is 0.0565. The van der Waals surface area contributed by atoms with E-state index in [1.165, 1.54) is 4.90 Å². The van der Waals surface area contributed by atoms with E-state index in [1.807, 2.05) is 74.5 Å². The number of likely N-dealkylation sites (tertiary alicyclic amines) is 1. The molecule has 4 amide bonds. The Hall–Kier alpha value is -4.47. The van der Waals surface area contributed by atoms with E-state index in [2.05, 4.69) is 25.5 Å². The lowest BCUT2D eigenvalue weighted by atomic mass is 9.92. The molecule has 290 valence electrons. The lowest BCUT2D eigenvalue weighted by Crippen LogP contribution is -2.57. The number of phosphoric acid groups is 1. The lowest BCUT2D eigenvalue weighted by Gasteiger charge is -2.33. The van der Waals surface area contributed by atoms with Crippen molar-refractivity contribution in [3.8, 4) is 5.19 Å². The number of phosphoric ester groups is 1. The number of rotatable bonds is 18. The molecule has 2 saturated heterocycles. The molecule has 0 aliphatic carbocycles. The van der Waals surface area contributed by atoms with Crippen molar-refractivity contribution in [1.29, 1.82) is 0 Å². The number of hydrogen-bond donors (Lipinski definition) is 5. The molecular weight excluding hydrogens is 737 g/mol. The van der Waals surface area contributed by atoms with Crippen LogP contribution in [0.1, 0.15) is 67.8 Å². The van der Waals surface area contributed by atoms with E-state index in [4.69, 9.17) is 14.5 Å². The molecule has 2 aliphatic heterocycles. The fourth-order valence-electron chi connectivity index (χ4n) is 6.51. The highest BCUT2D eigenvalue weighted by Gasteiger charge is 2.51. The van der Waals surface area contributed by atoms with Crippen LogP contribution in [0.15, 0.2) is 66.9 Å². The number of aryl methyl sites for hydroxylation is 1. The second-order valence-corrected chi connectivity index (χ2v) is 16.5.